The fourth-order valence-electron chi connectivity index (χ4n) is 1.73. The number of rotatable bonds is 3. The van der Waals surface area contributed by atoms with Gasteiger partial charge in [-0.05, 0) is 35.9 Å². The van der Waals surface area contributed by atoms with Crippen LogP contribution in [-0.2, 0) is 15.6 Å². The van der Waals surface area contributed by atoms with Gasteiger partial charge >= 0.3 is 0 Å². The van der Waals surface area contributed by atoms with Gasteiger partial charge in [-0.15, -0.1) is 0 Å². The van der Waals surface area contributed by atoms with Crippen molar-refractivity contribution in [2.24, 2.45) is 0 Å². The van der Waals surface area contributed by atoms with Crippen LogP contribution in [0.5, 0.6) is 0 Å². The number of nitrogens with two attached hydrogens (primary N) is 1. The van der Waals surface area contributed by atoms with Crippen LogP contribution in [0.1, 0.15) is 5.56 Å². The van der Waals surface area contributed by atoms with Gasteiger partial charge in [-0.1, -0.05) is 44.0 Å². The van der Waals surface area contributed by atoms with E-state index in [1.54, 1.807) is 30.3 Å². The second kappa shape index (κ2) is 5.64. The third kappa shape index (κ3) is 3.58. The van der Waals surface area contributed by atoms with Gasteiger partial charge in [0.1, 0.15) is 0 Å². The largest absolute Gasteiger partial charge is 0.398 e. The zero-order valence-corrected chi connectivity index (χ0v) is 13.8. The quantitative estimate of drug-likeness (QED) is 0.792. The SMILES string of the molecule is Nc1cc(Br)ccc1S(=O)(=O)Cc1cccc(Br)c1. The van der Waals surface area contributed by atoms with Gasteiger partial charge in [0.25, 0.3) is 0 Å². The second-order valence-electron chi connectivity index (χ2n) is 4.07. The van der Waals surface area contributed by atoms with Crippen molar-refractivity contribution in [2.75, 3.05) is 5.73 Å². The van der Waals surface area contributed by atoms with Crippen LogP contribution in [0.4, 0.5) is 5.69 Å². The Kier molecular flexibility index (Phi) is 4.32. The van der Waals surface area contributed by atoms with Gasteiger partial charge in [0.2, 0.25) is 0 Å². The maximum Gasteiger partial charge on any atom is 0.184 e. The smallest absolute Gasteiger partial charge is 0.184 e. The molecule has 0 aliphatic carbocycles. The molecule has 0 aliphatic heterocycles. The highest BCUT2D eigenvalue weighted by atomic mass is 79.9. The van der Waals surface area contributed by atoms with Crippen molar-refractivity contribution in [3.8, 4) is 0 Å². The Balaban J connectivity index is 2.38. The number of hydrogen-bond donors (Lipinski definition) is 1. The first-order chi connectivity index (χ1) is 8.88. The van der Waals surface area contributed by atoms with Crippen LogP contribution in [0.25, 0.3) is 0 Å². The molecule has 0 aliphatic rings. The van der Waals surface area contributed by atoms with Gasteiger partial charge < -0.3 is 5.73 Å². The fraction of sp³-hybridized carbons (Fsp3) is 0.0769. The number of halogens is 2. The average molecular weight is 405 g/mol. The Morgan fingerprint density at radius 2 is 1.68 bits per heavy atom. The van der Waals surface area contributed by atoms with Gasteiger partial charge in [0, 0.05) is 8.95 Å². The van der Waals surface area contributed by atoms with Crippen molar-refractivity contribution in [2.45, 2.75) is 10.6 Å². The zero-order valence-electron chi connectivity index (χ0n) is 9.81. The molecule has 0 radical (unpaired) electrons. The highest BCUT2D eigenvalue weighted by Crippen LogP contribution is 2.26. The Morgan fingerprint density at radius 1 is 1.00 bits per heavy atom. The van der Waals surface area contributed by atoms with E-state index in [9.17, 15) is 8.42 Å². The second-order valence-corrected chi connectivity index (χ2v) is 7.86. The molecule has 0 saturated heterocycles. The average Bonchev–Trinajstić information content (AvgIpc) is 2.27. The molecule has 100 valence electrons. The molecule has 0 bridgehead atoms. The summed E-state index contributed by atoms with van der Waals surface area (Å²) in [6.45, 7) is 0. The Hall–Kier alpha value is -0.850. The first kappa shape index (κ1) is 14.6. The van der Waals surface area contributed by atoms with E-state index in [0.29, 0.717) is 0 Å². The van der Waals surface area contributed by atoms with Gasteiger partial charge in [0.05, 0.1) is 16.3 Å². The third-order valence-electron chi connectivity index (χ3n) is 2.55. The summed E-state index contributed by atoms with van der Waals surface area (Å²) in [5.41, 5.74) is 6.75. The van der Waals surface area contributed by atoms with E-state index >= 15 is 0 Å². The molecule has 0 aromatic heterocycles. The summed E-state index contributed by atoms with van der Waals surface area (Å²) in [6.07, 6.45) is 0. The fourth-order valence-corrected chi connectivity index (χ4v) is 4.02. The molecule has 3 nitrogen and oxygen atoms in total. The molecule has 0 fully saturated rings. The molecular weight excluding hydrogens is 394 g/mol. The number of hydrogen-bond acceptors (Lipinski definition) is 3. The summed E-state index contributed by atoms with van der Waals surface area (Å²) in [6, 6.07) is 12.0. The van der Waals surface area contributed by atoms with Crippen LogP contribution >= 0.6 is 31.9 Å². The minimum Gasteiger partial charge on any atom is -0.398 e. The van der Waals surface area contributed by atoms with Crippen LogP contribution in [0.3, 0.4) is 0 Å². The summed E-state index contributed by atoms with van der Waals surface area (Å²) in [7, 11) is -3.44. The van der Waals surface area contributed by atoms with Crippen molar-refractivity contribution >= 4 is 47.4 Å². The number of sulfone groups is 1. The molecule has 0 atom stereocenters. The Bertz CT molecular complexity index is 714. The topological polar surface area (TPSA) is 60.2 Å². The van der Waals surface area contributed by atoms with Gasteiger partial charge in [-0.25, -0.2) is 8.42 Å². The van der Waals surface area contributed by atoms with Gasteiger partial charge in [-0.3, -0.25) is 0 Å². The molecule has 2 aromatic carbocycles. The monoisotopic (exact) mass is 403 g/mol. The van der Waals surface area contributed by atoms with E-state index in [-0.39, 0.29) is 16.3 Å². The molecule has 2 rings (SSSR count). The number of nitrogen functional groups attached to an aromatic ring is 1. The highest BCUT2D eigenvalue weighted by Gasteiger charge is 2.18. The van der Waals surface area contributed by atoms with Crippen molar-refractivity contribution in [1.29, 1.82) is 0 Å². The first-order valence-electron chi connectivity index (χ1n) is 5.41. The van der Waals surface area contributed by atoms with Crippen LogP contribution in [-0.4, -0.2) is 8.42 Å². The normalized spacial score (nSPS) is 11.5. The Morgan fingerprint density at radius 3 is 2.32 bits per heavy atom. The summed E-state index contributed by atoms with van der Waals surface area (Å²) in [5.74, 6) is -0.0712. The third-order valence-corrected chi connectivity index (χ3v) is 5.29. The summed E-state index contributed by atoms with van der Waals surface area (Å²) in [5, 5.41) is 0. The highest BCUT2D eigenvalue weighted by molar-refractivity contribution is 9.10. The molecule has 2 aromatic rings. The predicted octanol–water partition coefficient (Wildman–Crippen LogP) is 3.77. The van der Waals surface area contributed by atoms with Gasteiger partial charge in [0.15, 0.2) is 9.84 Å². The van der Waals surface area contributed by atoms with E-state index in [4.69, 9.17) is 5.73 Å². The van der Waals surface area contributed by atoms with Crippen molar-refractivity contribution in [3.63, 3.8) is 0 Å². The molecule has 0 unspecified atom stereocenters. The summed E-state index contributed by atoms with van der Waals surface area (Å²) >= 11 is 6.58. The van der Waals surface area contributed by atoms with E-state index in [0.717, 1.165) is 14.5 Å². The lowest BCUT2D eigenvalue weighted by Crippen LogP contribution is -2.08. The van der Waals surface area contributed by atoms with Crippen LogP contribution in [0.15, 0.2) is 56.3 Å². The van der Waals surface area contributed by atoms with Crippen LogP contribution < -0.4 is 5.73 Å². The zero-order chi connectivity index (χ0) is 14.0. The lowest BCUT2D eigenvalue weighted by atomic mass is 10.2. The molecule has 0 amide bonds. The van der Waals surface area contributed by atoms with Crippen molar-refractivity contribution in [1.82, 2.24) is 0 Å². The van der Waals surface area contributed by atoms with Crippen molar-refractivity contribution in [3.05, 3.63) is 57.0 Å². The molecule has 19 heavy (non-hydrogen) atoms. The molecule has 2 N–H and O–H groups in total. The molecule has 0 heterocycles. The first-order valence-corrected chi connectivity index (χ1v) is 8.64. The standard InChI is InChI=1S/C13H11Br2NO2S/c14-10-3-1-2-9(6-10)8-19(17,18)13-5-4-11(15)7-12(13)16/h1-7H,8,16H2. The number of anilines is 1. The van der Waals surface area contributed by atoms with E-state index in [2.05, 4.69) is 31.9 Å². The predicted molar refractivity (Wildman–Crippen MR) is 83.6 cm³/mol. The van der Waals surface area contributed by atoms with Crippen molar-refractivity contribution < 1.29 is 8.42 Å². The van der Waals surface area contributed by atoms with Crippen LogP contribution in [0.2, 0.25) is 0 Å². The minimum atomic E-state index is -3.44. The van der Waals surface area contributed by atoms with E-state index in [1.807, 2.05) is 6.07 Å². The Labute approximate surface area is 129 Å². The molecular formula is C13H11Br2NO2S. The lowest BCUT2D eigenvalue weighted by molar-refractivity contribution is 0.595. The maximum atomic E-state index is 12.3. The lowest BCUT2D eigenvalue weighted by Gasteiger charge is -2.08. The number of benzene rings is 2. The van der Waals surface area contributed by atoms with Crippen LogP contribution in [0, 0.1) is 0 Å². The maximum absolute atomic E-state index is 12.3. The van der Waals surface area contributed by atoms with E-state index in [1.165, 1.54) is 6.07 Å². The molecule has 6 heteroatoms. The van der Waals surface area contributed by atoms with Gasteiger partial charge in [-0.2, -0.15) is 0 Å². The molecule has 0 saturated carbocycles. The van der Waals surface area contributed by atoms with E-state index < -0.39 is 9.84 Å². The summed E-state index contributed by atoms with van der Waals surface area (Å²) < 4.78 is 26.3. The minimum absolute atomic E-state index is 0.0712. The molecule has 0 spiro atoms. The summed E-state index contributed by atoms with van der Waals surface area (Å²) in [4.78, 5) is 0.163.